The van der Waals surface area contributed by atoms with Crippen LogP contribution < -0.4 is 9.47 Å². The van der Waals surface area contributed by atoms with Gasteiger partial charge in [-0.1, -0.05) is 20.3 Å². The Labute approximate surface area is 184 Å². The third-order valence-electron chi connectivity index (χ3n) is 5.39. The number of pyridine rings is 1. The van der Waals surface area contributed by atoms with E-state index in [0.717, 1.165) is 43.4 Å². The molecule has 3 heterocycles. The fourth-order valence-corrected chi connectivity index (χ4v) is 3.72. The summed E-state index contributed by atoms with van der Waals surface area (Å²) in [5.74, 6) is 1.61. The molecule has 1 amide bonds. The summed E-state index contributed by atoms with van der Waals surface area (Å²) in [5.41, 5.74) is 1.52. The molecule has 2 aromatic heterocycles. The van der Waals surface area contributed by atoms with Crippen LogP contribution in [-0.2, 0) is 4.74 Å². The highest BCUT2D eigenvalue weighted by molar-refractivity contribution is 5.68. The van der Waals surface area contributed by atoms with E-state index in [4.69, 9.17) is 14.2 Å². The van der Waals surface area contributed by atoms with Gasteiger partial charge in [-0.25, -0.2) is 14.8 Å². The van der Waals surface area contributed by atoms with Crippen LogP contribution in [0.3, 0.4) is 0 Å². The molecule has 0 spiro atoms. The van der Waals surface area contributed by atoms with Crippen LogP contribution in [0.4, 0.5) is 4.79 Å². The minimum atomic E-state index is -0.223. The molecule has 1 aliphatic rings. The summed E-state index contributed by atoms with van der Waals surface area (Å²) in [6.45, 7) is 8.95. The van der Waals surface area contributed by atoms with Crippen LogP contribution in [0.5, 0.6) is 17.5 Å². The van der Waals surface area contributed by atoms with Gasteiger partial charge in [-0.15, -0.1) is 0 Å². The number of hydrogen-bond donors (Lipinski definition) is 0. The van der Waals surface area contributed by atoms with E-state index in [0.29, 0.717) is 30.7 Å². The number of ether oxygens (including phenoxy) is 3. The fraction of sp³-hybridized carbons (Fsp3) is 0.565. The number of carbonyl (C=O) groups is 1. The third-order valence-corrected chi connectivity index (χ3v) is 5.39. The molecule has 0 saturated carbocycles. The maximum absolute atomic E-state index is 12.4. The topological polar surface area (TPSA) is 86.7 Å². The lowest BCUT2D eigenvalue weighted by atomic mass is 9.96. The second-order valence-electron chi connectivity index (χ2n) is 7.81. The molecule has 0 N–H and O–H groups in total. The van der Waals surface area contributed by atoms with Gasteiger partial charge in [0.15, 0.2) is 5.75 Å². The lowest BCUT2D eigenvalue weighted by Crippen LogP contribution is -2.49. The van der Waals surface area contributed by atoms with Crippen molar-refractivity contribution < 1.29 is 19.0 Å². The van der Waals surface area contributed by atoms with Gasteiger partial charge in [0.1, 0.15) is 12.4 Å². The summed E-state index contributed by atoms with van der Waals surface area (Å²) in [7, 11) is 0. The van der Waals surface area contributed by atoms with E-state index in [-0.39, 0.29) is 18.2 Å². The van der Waals surface area contributed by atoms with Gasteiger partial charge in [0.05, 0.1) is 17.9 Å². The fourth-order valence-electron chi connectivity index (χ4n) is 3.72. The molecule has 1 saturated heterocycles. The van der Waals surface area contributed by atoms with Gasteiger partial charge in [-0.3, -0.25) is 4.98 Å². The SMILES string of the molecule is CCCOC(=O)N1CC[C@H](Oc2ncnc(Oc3cccnc3C)c2C)CC1CCC. The van der Waals surface area contributed by atoms with E-state index < -0.39 is 0 Å². The van der Waals surface area contributed by atoms with E-state index in [1.54, 1.807) is 6.20 Å². The Morgan fingerprint density at radius 3 is 2.71 bits per heavy atom. The Balaban J connectivity index is 1.68. The number of nitrogens with zero attached hydrogens (tertiary/aromatic N) is 4. The average Bonchev–Trinajstić information content (AvgIpc) is 2.77. The molecule has 8 heteroatoms. The molecule has 0 bridgehead atoms. The molecule has 0 radical (unpaired) electrons. The lowest BCUT2D eigenvalue weighted by molar-refractivity contribution is 0.0335. The number of rotatable bonds is 8. The van der Waals surface area contributed by atoms with Crippen molar-refractivity contribution in [2.75, 3.05) is 13.2 Å². The van der Waals surface area contributed by atoms with Gasteiger partial charge in [-0.2, -0.15) is 0 Å². The molecule has 2 atom stereocenters. The van der Waals surface area contributed by atoms with Crippen molar-refractivity contribution in [3.05, 3.63) is 35.9 Å². The number of hydrogen-bond acceptors (Lipinski definition) is 7. The molecule has 0 aromatic carbocycles. The zero-order chi connectivity index (χ0) is 22.2. The molecule has 0 aliphatic carbocycles. The van der Waals surface area contributed by atoms with Crippen molar-refractivity contribution in [3.8, 4) is 17.5 Å². The van der Waals surface area contributed by atoms with Crippen LogP contribution in [0.25, 0.3) is 0 Å². The van der Waals surface area contributed by atoms with E-state index in [1.807, 2.05) is 37.8 Å². The highest BCUT2D eigenvalue weighted by atomic mass is 16.6. The van der Waals surface area contributed by atoms with Crippen LogP contribution in [-0.4, -0.2) is 51.2 Å². The summed E-state index contributed by atoms with van der Waals surface area (Å²) >= 11 is 0. The average molecular weight is 429 g/mol. The molecule has 1 unspecified atom stereocenters. The molecule has 1 aliphatic heterocycles. The molecule has 3 rings (SSSR count). The van der Waals surface area contributed by atoms with Gasteiger partial charge < -0.3 is 19.1 Å². The van der Waals surface area contributed by atoms with Gasteiger partial charge in [-0.05, 0) is 38.8 Å². The minimum absolute atomic E-state index is 0.0339. The van der Waals surface area contributed by atoms with E-state index in [2.05, 4.69) is 21.9 Å². The second-order valence-corrected chi connectivity index (χ2v) is 7.81. The number of aromatic nitrogens is 3. The van der Waals surface area contributed by atoms with Crippen molar-refractivity contribution in [2.45, 2.75) is 71.9 Å². The number of aryl methyl sites for hydroxylation is 1. The predicted molar refractivity (Wildman–Crippen MR) is 117 cm³/mol. The van der Waals surface area contributed by atoms with Gasteiger partial charge in [0, 0.05) is 31.6 Å². The summed E-state index contributed by atoms with van der Waals surface area (Å²) in [6, 6.07) is 3.78. The maximum atomic E-state index is 12.4. The van der Waals surface area contributed by atoms with E-state index in [9.17, 15) is 4.79 Å². The number of carbonyl (C=O) groups excluding carboxylic acids is 1. The van der Waals surface area contributed by atoms with E-state index in [1.165, 1.54) is 6.33 Å². The first kappa shape index (κ1) is 22.8. The molecule has 2 aromatic rings. The first-order valence-corrected chi connectivity index (χ1v) is 11.0. The van der Waals surface area contributed by atoms with Crippen molar-refractivity contribution in [1.82, 2.24) is 19.9 Å². The van der Waals surface area contributed by atoms with Crippen LogP contribution in [0.2, 0.25) is 0 Å². The molecule has 31 heavy (non-hydrogen) atoms. The normalized spacial score (nSPS) is 18.5. The summed E-state index contributed by atoms with van der Waals surface area (Å²) in [5, 5.41) is 0. The monoisotopic (exact) mass is 428 g/mol. The highest BCUT2D eigenvalue weighted by Gasteiger charge is 2.33. The Morgan fingerprint density at radius 2 is 1.97 bits per heavy atom. The van der Waals surface area contributed by atoms with Gasteiger partial charge >= 0.3 is 6.09 Å². The Kier molecular flexibility index (Phi) is 8.03. The molecule has 1 fully saturated rings. The standard InChI is InChI=1S/C23H32N4O4/c1-5-8-18-14-19(10-12-27(18)23(28)29-13-6-2)30-21-16(3)22(26-15-25-21)31-20-9-7-11-24-17(20)4/h7,9,11,15,18-19H,5-6,8,10,12-14H2,1-4H3/t18?,19-/m0/s1. The van der Waals surface area contributed by atoms with Crippen LogP contribution >= 0.6 is 0 Å². The first-order valence-electron chi connectivity index (χ1n) is 11.0. The van der Waals surface area contributed by atoms with Crippen LogP contribution in [0.1, 0.15) is 57.2 Å². The van der Waals surface area contributed by atoms with Crippen molar-refractivity contribution in [1.29, 1.82) is 0 Å². The Morgan fingerprint density at radius 1 is 1.16 bits per heavy atom. The lowest BCUT2D eigenvalue weighted by Gasteiger charge is -2.38. The Hall–Kier alpha value is -2.90. The second kappa shape index (κ2) is 10.9. The first-order chi connectivity index (χ1) is 15.0. The number of likely N-dealkylation sites (tertiary alicyclic amines) is 1. The smallest absolute Gasteiger partial charge is 0.410 e. The summed E-state index contributed by atoms with van der Waals surface area (Å²) in [4.78, 5) is 27.1. The molecule has 168 valence electrons. The van der Waals surface area contributed by atoms with Crippen molar-refractivity contribution in [2.24, 2.45) is 0 Å². The zero-order valence-electron chi connectivity index (χ0n) is 18.8. The minimum Gasteiger partial charge on any atom is -0.474 e. The predicted octanol–water partition coefficient (Wildman–Crippen LogP) is 4.84. The van der Waals surface area contributed by atoms with Crippen LogP contribution in [0.15, 0.2) is 24.7 Å². The maximum Gasteiger partial charge on any atom is 0.410 e. The summed E-state index contributed by atoms with van der Waals surface area (Å²) in [6.07, 6.45) is 7.11. The third kappa shape index (κ3) is 5.83. The number of piperidine rings is 1. The zero-order valence-corrected chi connectivity index (χ0v) is 18.8. The van der Waals surface area contributed by atoms with Crippen molar-refractivity contribution >= 4 is 6.09 Å². The molecular formula is C23H32N4O4. The quantitative estimate of drug-likeness (QED) is 0.594. The highest BCUT2D eigenvalue weighted by Crippen LogP contribution is 2.31. The van der Waals surface area contributed by atoms with Crippen LogP contribution in [0, 0.1) is 13.8 Å². The number of amides is 1. The molecule has 8 nitrogen and oxygen atoms in total. The molecular weight excluding hydrogens is 396 g/mol. The Bertz CT molecular complexity index is 876. The van der Waals surface area contributed by atoms with Crippen molar-refractivity contribution in [3.63, 3.8) is 0 Å². The van der Waals surface area contributed by atoms with Gasteiger partial charge in [0.25, 0.3) is 0 Å². The van der Waals surface area contributed by atoms with Gasteiger partial charge in [0.2, 0.25) is 11.8 Å². The largest absolute Gasteiger partial charge is 0.474 e. The summed E-state index contributed by atoms with van der Waals surface area (Å²) < 4.78 is 17.6. The van der Waals surface area contributed by atoms with E-state index >= 15 is 0 Å².